The highest BCUT2D eigenvalue weighted by molar-refractivity contribution is 8.26. The summed E-state index contributed by atoms with van der Waals surface area (Å²) in [5.74, 6) is -1.10. The molecule has 0 radical (unpaired) electrons. The molecule has 9 heteroatoms. The van der Waals surface area contributed by atoms with E-state index < -0.39 is 11.8 Å². The number of hydrogen-bond acceptors (Lipinski definition) is 7. The molecular weight excluding hydrogens is 388 g/mol. The van der Waals surface area contributed by atoms with Crippen LogP contribution in [-0.2, 0) is 4.79 Å². The minimum atomic E-state index is -0.656. The first-order valence-corrected chi connectivity index (χ1v) is 8.87. The number of thiocarbonyl (C=S) groups is 1. The highest BCUT2D eigenvalue weighted by Crippen LogP contribution is 2.33. The summed E-state index contributed by atoms with van der Waals surface area (Å²) in [7, 11) is 1.42. The maximum absolute atomic E-state index is 12.6. The lowest BCUT2D eigenvalue weighted by molar-refractivity contribution is -0.123. The van der Waals surface area contributed by atoms with Crippen molar-refractivity contribution in [1.29, 1.82) is 0 Å². The summed E-state index contributed by atoms with van der Waals surface area (Å²) in [4.78, 5) is 25.2. The lowest BCUT2D eigenvalue weighted by atomic mass is 10.2. The summed E-state index contributed by atoms with van der Waals surface area (Å²) in [6.07, 6.45) is 1.58. The van der Waals surface area contributed by atoms with Gasteiger partial charge in [0.25, 0.3) is 11.8 Å². The molecule has 2 aromatic carbocycles. The molecule has 0 spiro atoms. The van der Waals surface area contributed by atoms with E-state index in [9.17, 15) is 19.8 Å². The molecule has 1 fully saturated rings. The Morgan fingerprint density at radius 1 is 1.22 bits per heavy atom. The lowest BCUT2D eigenvalue weighted by Crippen LogP contribution is -2.44. The van der Waals surface area contributed by atoms with Gasteiger partial charge < -0.3 is 14.9 Å². The molecule has 0 aromatic heterocycles. The molecule has 2 amide bonds. The molecular formula is C18H14N2O5S2. The van der Waals surface area contributed by atoms with Crippen LogP contribution in [0.25, 0.3) is 6.08 Å². The Morgan fingerprint density at radius 3 is 2.67 bits per heavy atom. The molecule has 1 aliphatic rings. The van der Waals surface area contributed by atoms with Crippen LogP contribution in [0.2, 0.25) is 0 Å². The molecule has 1 heterocycles. The number of methoxy groups -OCH3 is 1. The van der Waals surface area contributed by atoms with E-state index in [1.807, 2.05) is 0 Å². The first kappa shape index (κ1) is 18.7. The smallest absolute Gasteiger partial charge is 0.285 e. The summed E-state index contributed by atoms with van der Waals surface area (Å²) < 4.78 is 5.20. The number of para-hydroxylation sites is 1. The van der Waals surface area contributed by atoms with Crippen LogP contribution in [0.1, 0.15) is 15.9 Å². The SMILES string of the molecule is COc1cc(/C=C2\SC(=S)N(NC(=O)c3ccccc3O)C2=O)ccc1O. The van der Waals surface area contributed by atoms with E-state index in [1.54, 1.807) is 30.3 Å². The van der Waals surface area contributed by atoms with Crippen molar-refractivity contribution in [2.45, 2.75) is 0 Å². The van der Waals surface area contributed by atoms with Crippen molar-refractivity contribution in [3.63, 3.8) is 0 Å². The molecule has 3 rings (SSSR count). The molecule has 138 valence electrons. The maximum atomic E-state index is 12.6. The number of aromatic hydroxyl groups is 2. The molecule has 0 atom stereocenters. The molecule has 1 saturated heterocycles. The second kappa shape index (κ2) is 7.68. The van der Waals surface area contributed by atoms with Gasteiger partial charge in [-0.3, -0.25) is 15.0 Å². The van der Waals surface area contributed by atoms with Crippen molar-refractivity contribution in [3.8, 4) is 17.2 Å². The van der Waals surface area contributed by atoms with Gasteiger partial charge in [0.2, 0.25) is 0 Å². The zero-order valence-electron chi connectivity index (χ0n) is 14.0. The lowest BCUT2D eigenvalue weighted by Gasteiger charge is -2.16. The average molecular weight is 402 g/mol. The Balaban J connectivity index is 1.81. The fraction of sp³-hybridized carbons (Fsp3) is 0.0556. The van der Waals surface area contributed by atoms with E-state index >= 15 is 0 Å². The molecule has 0 bridgehead atoms. The zero-order valence-corrected chi connectivity index (χ0v) is 15.6. The van der Waals surface area contributed by atoms with E-state index in [0.29, 0.717) is 10.5 Å². The predicted molar refractivity (Wildman–Crippen MR) is 105 cm³/mol. The number of hydrogen-bond donors (Lipinski definition) is 3. The number of ether oxygens (including phenoxy) is 1. The van der Waals surface area contributed by atoms with Crippen LogP contribution < -0.4 is 10.2 Å². The van der Waals surface area contributed by atoms with Crippen LogP contribution >= 0.6 is 24.0 Å². The van der Waals surface area contributed by atoms with Crippen molar-refractivity contribution in [2.75, 3.05) is 7.11 Å². The first-order valence-electron chi connectivity index (χ1n) is 7.64. The number of carbonyl (C=O) groups excluding carboxylic acids is 2. The predicted octanol–water partition coefficient (Wildman–Crippen LogP) is 2.65. The van der Waals surface area contributed by atoms with Gasteiger partial charge in [-0.2, -0.15) is 5.01 Å². The zero-order chi connectivity index (χ0) is 19.6. The van der Waals surface area contributed by atoms with Crippen molar-refractivity contribution >= 4 is 46.2 Å². The summed E-state index contributed by atoms with van der Waals surface area (Å²) in [5.41, 5.74) is 3.05. The second-order valence-corrected chi connectivity index (χ2v) is 7.08. The first-order chi connectivity index (χ1) is 12.9. The van der Waals surface area contributed by atoms with E-state index in [-0.39, 0.29) is 27.1 Å². The maximum Gasteiger partial charge on any atom is 0.285 e. The number of phenolic OH excluding ortho intramolecular Hbond substituents is 2. The third-order valence-corrected chi connectivity index (χ3v) is 4.96. The Labute approximate surface area is 164 Å². The van der Waals surface area contributed by atoms with Gasteiger partial charge in [-0.05, 0) is 48.1 Å². The number of rotatable bonds is 4. The Morgan fingerprint density at radius 2 is 1.96 bits per heavy atom. The average Bonchev–Trinajstić information content (AvgIpc) is 2.91. The standard InChI is InChI=1S/C18H14N2O5S2/c1-25-14-8-10(6-7-13(14)22)9-15-17(24)20(18(26)27-15)19-16(23)11-4-2-3-5-12(11)21/h2-9,21-22H,1H3,(H,19,23)/b15-9-. The topological polar surface area (TPSA) is 99.1 Å². The summed E-state index contributed by atoms with van der Waals surface area (Å²) in [5, 5.41) is 20.4. The molecule has 27 heavy (non-hydrogen) atoms. The van der Waals surface area contributed by atoms with Crippen LogP contribution in [0.5, 0.6) is 17.2 Å². The van der Waals surface area contributed by atoms with E-state index in [2.05, 4.69) is 5.43 Å². The van der Waals surface area contributed by atoms with Gasteiger partial charge in [0.05, 0.1) is 17.6 Å². The normalized spacial score (nSPS) is 15.3. The molecule has 1 aliphatic heterocycles. The number of phenols is 2. The quantitative estimate of drug-likeness (QED) is 0.534. The van der Waals surface area contributed by atoms with Gasteiger partial charge in [0.15, 0.2) is 15.8 Å². The molecule has 0 saturated carbocycles. The van der Waals surface area contributed by atoms with Crippen molar-refractivity contribution in [2.24, 2.45) is 0 Å². The third-order valence-electron chi connectivity index (χ3n) is 3.66. The van der Waals surface area contributed by atoms with Crippen LogP contribution in [0.4, 0.5) is 0 Å². The highest BCUT2D eigenvalue weighted by Gasteiger charge is 2.34. The second-order valence-electron chi connectivity index (χ2n) is 5.41. The monoisotopic (exact) mass is 402 g/mol. The van der Waals surface area contributed by atoms with Gasteiger partial charge in [-0.1, -0.05) is 30.0 Å². The Bertz CT molecular complexity index is 974. The highest BCUT2D eigenvalue weighted by atomic mass is 32.2. The van der Waals surface area contributed by atoms with E-state index in [0.717, 1.165) is 16.8 Å². The number of benzene rings is 2. The van der Waals surface area contributed by atoms with Crippen LogP contribution in [-0.4, -0.2) is 38.5 Å². The van der Waals surface area contributed by atoms with Crippen LogP contribution in [0.3, 0.4) is 0 Å². The van der Waals surface area contributed by atoms with Crippen molar-refractivity contribution in [1.82, 2.24) is 10.4 Å². The van der Waals surface area contributed by atoms with Crippen LogP contribution in [0.15, 0.2) is 47.4 Å². The number of amides is 2. The van der Waals surface area contributed by atoms with Gasteiger partial charge in [-0.25, -0.2) is 0 Å². The number of thioether (sulfide) groups is 1. The largest absolute Gasteiger partial charge is 0.507 e. The van der Waals surface area contributed by atoms with Gasteiger partial charge in [-0.15, -0.1) is 0 Å². The molecule has 0 aliphatic carbocycles. The molecule has 3 N–H and O–H groups in total. The van der Waals surface area contributed by atoms with E-state index in [4.69, 9.17) is 17.0 Å². The van der Waals surface area contributed by atoms with E-state index in [1.165, 1.54) is 25.3 Å². The van der Waals surface area contributed by atoms with Crippen molar-refractivity contribution < 1.29 is 24.5 Å². The number of carbonyl (C=O) groups is 2. The minimum Gasteiger partial charge on any atom is -0.507 e. The van der Waals surface area contributed by atoms with Gasteiger partial charge in [0, 0.05) is 0 Å². The fourth-order valence-corrected chi connectivity index (χ4v) is 3.51. The summed E-state index contributed by atoms with van der Waals surface area (Å²) >= 11 is 6.19. The summed E-state index contributed by atoms with van der Waals surface area (Å²) in [6.45, 7) is 0. The fourth-order valence-electron chi connectivity index (χ4n) is 2.33. The van der Waals surface area contributed by atoms with Gasteiger partial charge >= 0.3 is 0 Å². The van der Waals surface area contributed by atoms with Crippen molar-refractivity contribution in [3.05, 3.63) is 58.5 Å². The number of hydrazine groups is 1. The third kappa shape index (κ3) is 3.88. The van der Waals surface area contributed by atoms with Crippen LogP contribution in [0, 0.1) is 0 Å². The molecule has 0 unspecified atom stereocenters. The Hall–Kier alpha value is -3.04. The number of nitrogens with one attached hydrogen (secondary N) is 1. The molecule has 2 aromatic rings. The van der Waals surface area contributed by atoms with Gasteiger partial charge in [0.1, 0.15) is 5.75 Å². The summed E-state index contributed by atoms with van der Waals surface area (Å²) in [6, 6.07) is 10.6. The molecule has 7 nitrogen and oxygen atoms in total. The minimum absolute atomic E-state index is 0.0165. The number of nitrogens with zero attached hydrogens (tertiary/aromatic N) is 1. The Kier molecular flexibility index (Phi) is 5.33.